The van der Waals surface area contributed by atoms with Crippen LogP contribution >= 0.6 is 0 Å². The van der Waals surface area contributed by atoms with Crippen molar-refractivity contribution in [2.45, 2.75) is 93.7 Å². The van der Waals surface area contributed by atoms with Gasteiger partial charge in [0.05, 0.1) is 5.69 Å². The normalized spacial score (nSPS) is 17.7. The lowest BCUT2D eigenvalue weighted by Gasteiger charge is -2.17. The number of hydrogen-bond acceptors (Lipinski definition) is 4. The molecule has 2 aliphatic rings. The van der Waals surface area contributed by atoms with E-state index in [4.69, 9.17) is 0 Å². The van der Waals surface area contributed by atoms with Gasteiger partial charge < -0.3 is 10.2 Å². The summed E-state index contributed by atoms with van der Waals surface area (Å²) in [5.74, 6) is 1.02. The minimum atomic E-state index is 0.649. The fourth-order valence-corrected chi connectivity index (χ4v) is 2.25. The van der Waals surface area contributed by atoms with E-state index in [9.17, 15) is 0 Å². The molecule has 24 heavy (non-hydrogen) atoms. The van der Waals surface area contributed by atoms with Gasteiger partial charge in [-0.15, -0.1) is 5.10 Å². The maximum absolute atomic E-state index is 4.24. The zero-order valence-corrected chi connectivity index (χ0v) is 17.7. The molecule has 1 saturated heterocycles. The molecule has 1 aromatic rings. The zero-order chi connectivity index (χ0) is 19.0. The Kier molecular flexibility index (Phi) is 17.4. The number of aromatic nitrogens is 2. The van der Waals surface area contributed by atoms with Crippen LogP contribution in [-0.4, -0.2) is 35.4 Å². The van der Waals surface area contributed by atoms with Gasteiger partial charge in [-0.1, -0.05) is 55.4 Å². The van der Waals surface area contributed by atoms with Crippen molar-refractivity contribution in [2.24, 2.45) is 0 Å². The van der Waals surface area contributed by atoms with Gasteiger partial charge in [0.15, 0.2) is 5.82 Å². The van der Waals surface area contributed by atoms with Crippen LogP contribution in [0, 0.1) is 6.92 Å². The third kappa shape index (κ3) is 9.86. The third-order valence-corrected chi connectivity index (χ3v) is 3.34. The fourth-order valence-electron chi connectivity index (χ4n) is 2.25. The maximum atomic E-state index is 4.24. The monoisotopic (exact) mass is 338 g/mol. The highest BCUT2D eigenvalue weighted by atomic mass is 15.3. The van der Waals surface area contributed by atoms with Crippen molar-refractivity contribution in [3.05, 3.63) is 17.8 Å². The van der Waals surface area contributed by atoms with Gasteiger partial charge in [-0.05, 0) is 38.3 Å². The van der Waals surface area contributed by atoms with Crippen LogP contribution in [-0.2, 0) is 0 Å². The van der Waals surface area contributed by atoms with Crippen LogP contribution in [0.3, 0.4) is 0 Å². The quantitative estimate of drug-likeness (QED) is 0.820. The Morgan fingerprint density at radius 2 is 1.42 bits per heavy atom. The summed E-state index contributed by atoms with van der Waals surface area (Å²) in [6.45, 7) is 20.1. The minimum absolute atomic E-state index is 0.649. The molecule has 1 N–H and O–H groups in total. The van der Waals surface area contributed by atoms with Gasteiger partial charge >= 0.3 is 0 Å². The van der Waals surface area contributed by atoms with Gasteiger partial charge in [-0.3, -0.25) is 0 Å². The molecule has 4 heteroatoms. The van der Waals surface area contributed by atoms with E-state index < -0.39 is 0 Å². The molecule has 2 heterocycles. The summed E-state index contributed by atoms with van der Waals surface area (Å²) in [6, 6.07) is 5.55. The number of nitrogens with zero attached hydrogens (tertiary/aromatic N) is 3. The highest BCUT2D eigenvalue weighted by Gasteiger charge is 2.29. The van der Waals surface area contributed by atoms with Crippen LogP contribution in [0.4, 0.5) is 5.82 Å². The molecule has 0 amide bonds. The van der Waals surface area contributed by atoms with Gasteiger partial charge in [-0.25, -0.2) is 0 Å². The van der Waals surface area contributed by atoms with Gasteiger partial charge in [0.2, 0.25) is 0 Å². The van der Waals surface area contributed by atoms with E-state index >= 15 is 0 Å². The molecule has 2 fully saturated rings. The molecule has 0 bridgehead atoms. The second kappa shape index (κ2) is 16.7. The van der Waals surface area contributed by atoms with Crippen molar-refractivity contribution >= 4 is 5.82 Å². The number of nitrogens with one attached hydrogen (secondary N) is 1. The number of anilines is 1. The van der Waals surface area contributed by atoms with Crippen LogP contribution < -0.4 is 10.2 Å². The van der Waals surface area contributed by atoms with E-state index in [2.05, 4.69) is 26.5 Å². The molecule has 1 aromatic heterocycles. The van der Waals surface area contributed by atoms with Gasteiger partial charge in [0, 0.05) is 25.2 Å². The zero-order valence-electron chi connectivity index (χ0n) is 17.7. The highest BCUT2D eigenvalue weighted by Crippen LogP contribution is 2.23. The van der Waals surface area contributed by atoms with Crippen LogP contribution in [0.25, 0.3) is 0 Å². The lowest BCUT2D eigenvalue weighted by atomic mass is 10.2. The molecule has 3 rings (SSSR count). The molecule has 0 radical (unpaired) electrons. The lowest BCUT2D eigenvalue weighted by molar-refractivity contribution is 0.548. The predicted octanol–water partition coefficient (Wildman–Crippen LogP) is 5.22. The minimum Gasteiger partial charge on any atom is -0.354 e. The molecular weight excluding hydrogens is 296 g/mol. The third-order valence-electron chi connectivity index (χ3n) is 3.34. The molecule has 0 spiro atoms. The van der Waals surface area contributed by atoms with E-state index in [-0.39, 0.29) is 0 Å². The van der Waals surface area contributed by atoms with Crippen molar-refractivity contribution < 1.29 is 0 Å². The van der Waals surface area contributed by atoms with Crippen LogP contribution in [0.2, 0.25) is 0 Å². The maximum Gasteiger partial charge on any atom is 0.151 e. The van der Waals surface area contributed by atoms with Crippen LogP contribution in [0.1, 0.15) is 80.3 Å². The van der Waals surface area contributed by atoms with E-state index in [1.165, 1.54) is 19.3 Å². The molecule has 4 nitrogen and oxygen atoms in total. The summed E-state index contributed by atoms with van der Waals surface area (Å²) in [4.78, 5) is 2.33. The summed E-state index contributed by atoms with van der Waals surface area (Å²) < 4.78 is 0. The van der Waals surface area contributed by atoms with Gasteiger partial charge in [0.25, 0.3) is 0 Å². The van der Waals surface area contributed by atoms with E-state index in [1.807, 2.05) is 68.4 Å². The summed E-state index contributed by atoms with van der Waals surface area (Å²) in [6.07, 6.45) is 3.95. The van der Waals surface area contributed by atoms with Crippen molar-refractivity contribution in [3.63, 3.8) is 0 Å². The number of rotatable bonds is 3. The topological polar surface area (TPSA) is 41.0 Å². The van der Waals surface area contributed by atoms with E-state index in [0.29, 0.717) is 6.04 Å². The Bertz CT molecular complexity index is 360. The first kappa shape index (κ1) is 25.1. The van der Waals surface area contributed by atoms with Crippen molar-refractivity contribution in [3.8, 4) is 0 Å². The molecule has 1 aliphatic carbocycles. The average molecular weight is 339 g/mol. The molecular formula is C20H42N4. The van der Waals surface area contributed by atoms with Crippen molar-refractivity contribution in [1.82, 2.24) is 15.5 Å². The molecule has 1 aliphatic heterocycles. The van der Waals surface area contributed by atoms with E-state index in [0.717, 1.165) is 30.6 Å². The Morgan fingerprint density at radius 3 is 1.88 bits per heavy atom. The first-order valence-electron chi connectivity index (χ1n) is 10.1. The Balaban J connectivity index is 0. The molecule has 1 saturated carbocycles. The predicted molar refractivity (Wildman–Crippen MR) is 109 cm³/mol. The summed E-state index contributed by atoms with van der Waals surface area (Å²) >= 11 is 0. The molecule has 0 aromatic carbocycles. The fraction of sp³-hybridized carbons (Fsp3) is 0.800. The number of hydrogen-bond donors (Lipinski definition) is 1. The SMILES string of the molecule is CC.CC.CC.CC.Cc1ccc(N2CCC(NC3CC3)C2)nn1. The second-order valence-corrected chi connectivity index (χ2v) is 4.91. The Morgan fingerprint density at radius 1 is 0.833 bits per heavy atom. The summed E-state index contributed by atoms with van der Waals surface area (Å²) in [7, 11) is 0. The average Bonchev–Trinajstić information content (AvgIpc) is 3.37. The Labute approximate surface area is 151 Å². The van der Waals surface area contributed by atoms with Crippen LogP contribution in [0.5, 0.6) is 0 Å². The number of aryl methyl sites for hydroxylation is 1. The molecule has 1 atom stereocenters. The van der Waals surface area contributed by atoms with E-state index in [1.54, 1.807) is 0 Å². The first-order chi connectivity index (χ1) is 11.8. The summed E-state index contributed by atoms with van der Waals surface area (Å²) in [5, 5.41) is 12.0. The van der Waals surface area contributed by atoms with Gasteiger partial charge in [-0.2, -0.15) is 5.10 Å². The second-order valence-electron chi connectivity index (χ2n) is 4.91. The first-order valence-corrected chi connectivity index (χ1v) is 10.1. The molecule has 1 unspecified atom stereocenters. The largest absolute Gasteiger partial charge is 0.354 e. The highest BCUT2D eigenvalue weighted by molar-refractivity contribution is 5.39. The smallest absolute Gasteiger partial charge is 0.151 e. The van der Waals surface area contributed by atoms with Crippen molar-refractivity contribution in [1.29, 1.82) is 0 Å². The van der Waals surface area contributed by atoms with Crippen molar-refractivity contribution in [2.75, 3.05) is 18.0 Å². The lowest BCUT2D eigenvalue weighted by Crippen LogP contribution is -2.34. The van der Waals surface area contributed by atoms with Gasteiger partial charge in [0.1, 0.15) is 0 Å². The molecule has 142 valence electrons. The van der Waals surface area contributed by atoms with Crippen LogP contribution in [0.15, 0.2) is 12.1 Å². The Hall–Kier alpha value is -1.16. The summed E-state index contributed by atoms with van der Waals surface area (Å²) in [5.41, 5.74) is 0.982. The standard InChI is InChI=1S/C12H18N4.4C2H6/c1-9-2-5-12(15-14-9)16-7-6-11(8-16)13-10-3-4-10;4*1-2/h2,5,10-11,13H,3-4,6-8H2,1H3;4*1-2H3.